The molecule has 136 valence electrons. The van der Waals surface area contributed by atoms with Gasteiger partial charge in [0, 0.05) is 34.8 Å². The molecule has 7 nitrogen and oxygen atoms in total. The van der Waals surface area contributed by atoms with Crippen molar-refractivity contribution >= 4 is 57.6 Å². The fourth-order valence-corrected chi connectivity index (χ4v) is 3.23. The van der Waals surface area contributed by atoms with Gasteiger partial charge in [0.05, 0.1) is 15.8 Å². The van der Waals surface area contributed by atoms with Gasteiger partial charge in [-0.1, -0.05) is 29.3 Å². The summed E-state index contributed by atoms with van der Waals surface area (Å²) in [5, 5.41) is 12.4. The Kier molecular flexibility index (Phi) is 6.15. The van der Waals surface area contributed by atoms with Crippen LogP contribution in [-0.4, -0.2) is 30.5 Å². The lowest BCUT2D eigenvalue weighted by molar-refractivity contribution is -0.116. The number of nitrogens with one attached hydrogen (secondary N) is 1. The second-order valence-corrected chi connectivity index (χ2v) is 7.57. The molecule has 10 heteroatoms. The maximum Gasteiger partial charge on any atom is 0.248 e. The van der Waals surface area contributed by atoms with Crippen LogP contribution >= 0.6 is 45.8 Å². The molecule has 0 saturated heterocycles. The molecule has 1 N–H and O–H groups in total. The minimum Gasteiger partial charge on any atom is -0.293 e. The van der Waals surface area contributed by atoms with Crippen molar-refractivity contribution in [3.63, 3.8) is 0 Å². The van der Waals surface area contributed by atoms with Gasteiger partial charge in [-0.05, 0) is 41.6 Å². The van der Waals surface area contributed by atoms with Gasteiger partial charge in [-0.15, -0.1) is 5.10 Å². The Bertz CT molecular complexity index is 899. The Morgan fingerprint density at radius 1 is 1.23 bits per heavy atom. The van der Waals surface area contributed by atoms with Gasteiger partial charge in [0.15, 0.2) is 0 Å². The minimum atomic E-state index is -0.179. The van der Waals surface area contributed by atoms with E-state index in [9.17, 15) is 4.79 Å². The lowest BCUT2D eigenvalue weighted by Gasteiger charge is -2.06. The van der Waals surface area contributed by atoms with Crippen LogP contribution in [0, 0.1) is 10.5 Å². The van der Waals surface area contributed by atoms with Crippen LogP contribution in [0.4, 0.5) is 5.95 Å². The van der Waals surface area contributed by atoms with E-state index in [1.54, 1.807) is 27.6 Å². The van der Waals surface area contributed by atoms with Crippen molar-refractivity contribution in [2.45, 2.75) is 26.4 Å². The Morgan fingerprint density at radius 3 is 2.62 bits per heavy atom. The van der Waals surface area contributed by atoms with Gasteiger partial charge in [-0.3, -0.25) is 14.8 Å². The van der Waals surface area contributed by atoms with E-state index in [0.29, 0.717) is 23.1 Å². The lowest BCUT2D eigenvalue weighted by Crippen LogP contribution is -2.16. The highest BCUT2D eigenvalue weighted by Gasteiger charge is 2.11. The van der Waals surface area contributed by atoms with Crippen LogP contribution in [0.1, 0.15) is 17.7 Å². The fraction of sp³-hybridized carbons (Fsp3) is 0.250. The first-order chi connectivity index (χ1) is 12.4. The Morgan fingerprint density at radius 2 is 1.96 bits per heavy atom. The van der Waals surface area contributed by atoms with Gasteiger partial charge >= 0.3 is 0 Å². The standard InChI is InChI=1S/C16H15Cl2IN6O/c1-10-14(19)8-24(22-10)6-5-15(26)21-16-20-9-25(23-16)7-11-12(17)3-2-4-13(11)18/h2-4,8-9H,5-7H2,1H3,(H,21,23,26). The number of rotatable bonds is 6. The molecule has 0 radical (unpaired) electrons. The van der Waals surface area contributed by atoms with Crippen molar-refractivity contribution in [3.05, 3.63) is 55.6 Å². The molecular formula is C16H15Cl2IN6O. The van der Waals surface area contributed by atoms with Crippen LogP contribution in [0.25, 0.3) is 0 Å². The zero-order valence-electron chi connectivity index (χ0n) is 13.8. The number of hydrogen-bond donors (Lipinski definition) is 1. The maximum atomic E-state index is 12.1. The molecule has 3 rings (SSSR count). The van der Waals surface area contributed by atoms with Crippen molar-refractivity contribution in [1.82, 2.24) is 24.5 Å². The first-order valence-corrected chi connectivity index (χ1v) is 9.57. The van der Waals surface area contributed by atoms with Crippen LogP contribution in [-0.2, 0) is 17.9 Å². The van der Waals surface area contributed by atoms with E-state index in [2.05, 4.69) is 43.1 Å². The van der Waals surface area contributed by atoms with Crippen LogP contribution in [0.5, 0.6) is 0 Å². The summed E-state index contributed by atoms with van der Waals surface area (Å²) < 4.78 is 4.39. The Labute approximate surface area is 173 Å². The van der Waals surface area contributed by atoms with E-state index in [0.717, 1.165) is 14.8 Å². The number of halogens is 3. The first-order valence-electron chi connectivity index (χ1n) is 7.74. The average Bonchev–Trinajstić information content (AvgIpc) is 3.16. The number of carbonyl (C=O) groups is 1. The zero-order valence-corrected chi connectivity index (χ0v) is 17.5. The molecule has 0 spiro atoms. The summed E-state index contributed by atoms with van der Waals surface area (Å²) in [5.74, 6) is 0.0612. The molecule has 0 bridgehead atoms. The van der Waals surface area contributed by atoms with E-state index in [1.807, 2.05) is 13.1 Å². The van der Waals surface area contributed by atoms with E-state index < -0.39 is 0 Å². The minimum absolute atomic E-state index is 0.179. The number of aromatic nitrogens is 5. The topological polar surface area (TPSA) is 77.6 Å². The van der Waals surface area contributed by atoms with Gasteiger partial charge in [0.1, 0.15) is 6.33 Å². The number of benzene rings is 1. The van der Waals surface area contributed by atoms with Gasteiger partial charge in [0.25, 0.3) is 0 Å². The summed E-state index contributed by atoms with van der Waals surface area (Å²) in [5.41, 5.74) is 1.70. The Balaban J connectivity index is 1.57. The lowest BCUT2D eigenvalue weighted by atomic mass is 10.2. The fourth-order valence-electron chi connectivity index (χ4n) is 2.28. The molecule has 1 aromatic carbocycles. The molecular weight excluding hydrogens is 490 g/mol. The summed E-state index contributed by atoms with van der Waals surface area (Å²) in [6, 6.07) is 5.31. The number of hydrogen-bond acceptors (Lipinski definition) is 4. The summed E-state index contributed by atoms with van der Waals surface area (Å²) in [4.78, 5) is 16.2. The van der Waals surface area contributed by atoms with E-state index in [1.165, 1.54) is 6.33 Å². The number of nitrogens with zero attached hydrogens (tertiary/aromatic N) is 5. The third-order valence-corrected chi connectivity index (χ3v) is 5.39. The quantitative estimate of drug-likeness (QED) is 0.518. The van der Waals surface area contributed by atoms with Crippen molar-refractivity contribution in [3.8, 4) is 0 Å². The number of aryl methyl sites for hydroxylation is 2. The third kappa shape index (κ3) is 4.74. The van der Waals surface area contributed by atoms with Crippen molar-refractivity contribution < 1.29 is 4.79 Å². The normalized spacial score (nSPS) is 10.9. The summed E-state index contributed by atoms with van der Waals surface area (Å²) in [7, 11) is 0. The van der Waals surface area contributed by atoms with Crippen LogP contribution < -0.4 is 5.32 Å². The highest BCUT2D eigenvalue weighted by Crippen LogP contribution is 2.24. The van der Waals surface area contributed by atoms with E-state index in [-0.39, 0.29) is 18.3 Å². The van der Waals surface area contributed by atoms with Gasteiger partial charge < -0.3 is 0 Å². The van der Waals surface area contributed by atoms with E-state index in [4.69, 9.17) is 23.2 Å². The average molecular weight is 505 g/mol. The smallest absolute Gasteiger partial charge is 0.248 e. The summed E-state index contributed by atoms with van der Waals surface area (Å²) in [6.07, 6.45) is 3.71. The molecule has 2 heterocycles. The van der Waals surface area contributed by atoms with E-state index >= 15 is 0 Å². The molecule has 1 amide bonds. The van der Waals surface area contributed by atoms with Crippen molar-refractivity contribution in [2.75, 3.05) is 5.32 Å². The molecule has 0 aliphatic carbocycles. The molecule has 0 unspecified atom stereocenters. The highest BCUT2D eigenvalue weighted by molar-refractivity contribution is 14.1. The molecule has 0 atom stereocenters. The van der Waals surface area contributed by atoms with Crippen molar-refractivity contribution in [1.29, 1.82) is 0 Å². The molecule has 0 aliphatic heterocycles. The predicted molar refractivity (Wildman–Crippen MR) is 109 cm³/mol. The molecule has 0 fully saturated rings. The predicted octanol–water partition coefficient (Wildman–Crippen LogP) is 3.77. The SMILES string of the molecule is Cc1nn(CCC(=O)Nc2ncn(Cc3c(Cl)cccc3Cl)n2)cc1I. The monoisotopic (exact) mass is 504 g/mol. The molecule has 0 aliphatic rings. The molecule has 3 aromatic rings. The molecule has 26 heavy (non-hydrogen) atoms. The second kappa shape index (κ2) is 8.36. The van der Waals surface area contributed by atoms with Gasteiger partial charge in [-0.25, -0.2) is 9.67 Å². The number of amides is 1. The largest absolute Gasteiger partial charge is 0.293 e. The van der Waals surface area contributed by atoms with Gasteiger partial charge in [0.2, 0.25) is 11.9 Å². The second-order valence-electron chi connectivity index (χ2n) is 5.59. The molecule has 2 aromatic heterocycles. The van der Waals surface area contributed by atoms with Gasteiger partial charge in [-0.2, -0.15) is 5.10 Å². The molecule has 0 saturated carbocycles. The summed E-state index contributed by atoms with van der Waals surface area (Å²) in [6.45, 7) is 2.79. The first kappa shape index (κ1) is 19.1. The zero-order chi connectivity index (χ0) is 18.7. The van der Waals surface area contributed by atoms with Crippen LogP contribution in [0.3, 0.4) is 0 Å². The third-order valence-electron chi connectivity index (χ3n) is 3.62. The van der Waals surface area contributed by atoms with Crippen LogP contribution in [0.15, 0.2) is 30.7 Å². The number of anilines is 1. The number of carbonyl (C=O) groups excluding carboxylic acids is 1. The van der Waals surface area contributed by atoms with Crippen molar-refractivity contribution in [2.24, 2.45) is 0 Å². The summed E-state index contributed by atoms with van der Waals surface area (Å²) >= 11 is 14.5. The highest BCUT2D eigenvalue weighted by atomic mass is 127. The maximum absolute atomic E-state index is 12.1. The Hall–Kier alpha value is -1.65. The van der Waals surface area contributed by atoms with Crippen LogP contribution in [0.2, 0.25) is 10.0 Å².